The molecule has 8 heteroatoms. The fraction of sp³-hybridized carbons (Fsp3) is 0.105. The van der Waals surface area contributed by atoms with E-state index in [1.165, 1.54) is 12.4 Å². The van der Waals surface area contributed by atoms with Gasteiger partial charge in [-0.1, -0.05) is 12.1 Å². The Kier molecular flexibility index (Phi) is 5.07. The number of anilines is 3. The molecule has 1 aromatic heterocycles. The highest BCUT2D eigenvalue weighted by molar-refractivity contribution is 6.02. The summed E-state index contributed by atoms with van der Waals surface area (Å²) in [6.07, 6.45) is 2.54. The first kappa shape index (κ1) is 18.4. The highest BCUT2D eigenvalue weighted by Gasteiger charge is 2.17. The average molecular weight is 372 g/mol. The van der Waals surface area contributed by atoms with Crippen molar-refractivity contribution in [1.29, 1.82) is 0 Å². The average Bonchev–Trinajstić information content (AvgIpc) is 2.66. The first-order valence-electron chi connectivity index (χ1n) is 7.97. The molecule has 0 spiro atoms. The normalized spacial score (nSPS) is 10.6. The summed E-state index contributed by atoms with van der Waals surface area (Å²) in [6, 6.07) is 7.41. The maximum Gasteiger partial charge on any atom is 0.275 e. The van der Waals surface area contributed by atoms with Gasteiger partial charge in [0, 0.05) is 5.69 Å². The molecule has 0 atom stereocenters. The number of nitrogens with zero attached hydrogens (tertiary/aromatic N) is 2. The summed E-state index contributed by atoms with van der Waals surface area (Å²) in [5.41, 5.74) is 2.42. The zero-order chi connectivity index (χ0) is 19.6. The maximum atomic E-state index is 13.6. The van der Waals surface area contributed by atoms with E-state index in [1.807, 2.05) is 32.0 Å². The second-order valence-corrected chi connectivity index (χ2v) is 5.84. The Hall–Kier alpha value is -3.42. The summed E-state index contributed by atoms with van der Waals surface area (Å²) in [6.45, 7) is 3.94. The molecule has 5 nitrogen and oxygen atoms in total. The van der Waals surface area contributed by atoms with Gasteiger partial charge in [0.2, 0.25) is 0 Å². The Morgan fingerprint density at radius 2 is 1.70 bits per heavy atom. The first-order valence-corrected chi connectivity index (χ1v) is 7.97. The molecule has 3 aromatic rings. The van der Waals surface area contributed by atoms with E-state index in [2.05, 4.69) is 20.6 Å². The summed E-state index contributed by atoms with van der Waals surface area (Å²) in [7, 11) is 0. The number of nitrogens with one attached hydrogen (secondary N) is 2. The molecule has 1 amide bonds. The molecular formula is C19H15F3N4O. The van der Waals surface area contributed by atoms with Crippen molar-refractivity contribution >= 4 is 23.1 Å². The van der Waals surface area contributed by atoms with Gasteiger partial charge in [-0.15, -0.1) is 0 Å². The van der Waals surface area contributed by atoms with Gasteiger partial charge in [-0.3, -0.25) is 4.79 Å². The molecule has 2 aromatic carbocycles. The third-order valence-corrected chi connectivity index (χ3v) is 4.04. The summed E-state index contributed by atoms with van der Waals surface area (Å²) in [5.74, 6) is -4.87. The Morgan fingerprint density at radius 3 is 2.41 bits per heavy atom. The van der Waals surface area contributed by atoms with Gasteiger partial charge in [0.25, 0.3) is 5.91 Å². The standard InChI is InChI=1S/C19H15F3N4O/c1-10-4-3-5-13(11(10)2)25-16-9-23-15(8-24-16)19(27)26-14-7-6-12(20)17(21)18(14)22/h3-9H,1-2H3,(H,24,25)(H,26,27). The fourth-order valence-electron chi connectivity index (χ4n) is 2.34. The van der Waals surface area contributed by atoms with Crippen LogP contribution in [0.25, 0.3) is 0 Å². The molecule has 0 unspecified atom stereocenters. The van der Waals surface area contributed by atoms with E-state index in [9.17, 15) is 18.0 Å². The summed E-state index contributed by atoms with van der Waals surface area (Å²) in [5, 5.41) is 5.23. The van der Waals surface area contributed by atoms with Gasteiger partial charge in [-0.25, -0.2) is 23.1 Å². The lowest BCUT2D eigenvalue weighted by Crippen LogP contribution is -2.16. The Morgan fingerprint density at radius 1 is 0.926 bits per heavy atom. The van der Waals surface area contributed by atoms with Crippen LogP contribution < -0.4 is 10.6 Å². The van der Waals surface area contributed by atoms with E-state index < -0.39 is 29.0 Å². The van der Waals surface area contributed by atoms with Crippen molar-refractivity contribution in [2.24, 2.45) is 0 Å². The number of hydrogen-bond donors (Lipinski definition) is 2. The van der Waals surface area contributed by atoms with Crippen molar-refractivity contribution in [3.05, 3.63) is 77.0 Å². The molecule has 1 heterocycles. The van der Waals surface area contributed by atoms with E-state index in [1.54, 1.807) is 0 Å². The van der Waals surface area contributed by atoms with Crippen LogP contribution in [0, 0.1) is 31.3 Å². The highest BCUT2D eigenvalue weighted by atomic mass is 19.2. The number of carbonyl (C=O) groups is 1. The van der Waals surface area contributed by atoms with Gasteiger partial charge in [0.1, 0.15) is 11.5 Å². The third-order valence-electron chi connectivity index (χ3n) is 4.04. The molecular weight excluding hydrogens is 357 g/mol. The van der Waals surface area contributed by atoms with Gasteiger partial charge in [-0.05, 0) is 43.2 Å². The molecule has 0 fully saturated rings. The second kappa shape index (κ2) is 7.45. The Balaban J connectivity index is 1.74. The van der Waals surface area contributed by atoms with E-state index in [0.717, 1.165) is 28.9 Å². The SMILES string of the molecule is Cc1cccc(Nc2cnc(C(=O)Nc3ccc(F)c(F)c3F)cn2)c1C. The molecule has 27 heavy (non-hydrogen) atoms. The van der Waals surface area contributed by atoms with Crippen molar-refractivity contribution in [3.63, 3.8) is 0 Å². The largest absolute Gasteiger partial charge is 0.339 e. The first-order chi connectivity index (χ1) is 12.9. The molecule has 0 saturated carbocycles. The minimum atomic E-state index is -1.66. The van der Waals surface area contributed by atoms with Crippen molar-refractivity contribution in [3.8, 4) is 0 Å². The molecule has 2 N–H and O–H groups in total. The molecule has 138 valence electrons. The zero-order valence-corrected chi connectivity index (χ0v) is 14.5. The molecule has 0 radical (unpaired) electrons. The van der Waals surface area contributed by atoms with Crippen LogP contribution in [0.5, 0.6) is 0 Å². The monoisotopic (exact) mass is 372 g/mol. The zero-order valence-electron chi connectivity index (χ0n) is 14.5. The molecule has 0 bridgehead atoms. The number of carbonyl (C=O) groups excluding carboxylic acids is 1. The van der Waals surface area contributed by atoms with Crippen LogP contribution >= 0.6 is 0 Å². The molecule has 3 rings (SSSR count). The van der Waals surface area contributed by atoms with E-state index in [-0.39, 0.29) is 5.69 Å². The van der Waals surface area contributed by atoms with Gasteiger partial charge in [-0.2, -0.15) is 0 Å². The minimum absolute atomic E-state index is 0.106. The number of rotatable bonds is 4. The Bertz CT molecular complexity index is 1010. The lowest BCUT2D eigenvalue weighted by atomic mass is 10.1. The van der Waals surface area contributed by atoms with Crippen molar-refractivity contribution in [2.75, 3.05) is 10.6 Å². The van der Waals surface area contributed by atoms with Gasteiger partial charge >= 0.3 is 0 Å². The summed E-state index contributed by atoms with van der Waals surface area (Å²) in [4.78, 5) is 20.2. The van der Waals surface area contributed by atoms with E-state index in [0.29, 0.717) is 5.82 Å². The predicted molar refractivity (Wildman–Crippen MR) is 95.5 cm³/mol. The van der Waals surface area contributed by atoms with Crippen LogP contribution in [0.2, 0.25) is 0 Å². The number of aromatic nitrogens is 2. The van der Waals surface area contributed by atoms with Gasteiger partial charge in [0.05, 0.1) is 18.1 Å². The number of halogens is 3. The van der Waals surface area contributed by atoms with E-state index in [4.69, 9.17) is 0 Å². The lowest BCUT2D eigenvalue weighted by molar-refractivity contribution is 0.102. The molecule has 0 saturated heterocycles. The van der Waals surface area contributed by atoms with Gasteiger partial charge < -0.3 is 10.6 Å². The van der Waals surface area contributed by atoms with Crippen molar-refractivity contribution in [1.82, 2.24) is 9.97 Å². The number of benzene rings is 2. The highest BCUT2D eigenvalue weighted by Crippen LogP contribution is 2.22. The van der Waals surface area contributed by atoms with E-state index >= 15 is 0 Å². The van der Waals surface area contributed by atoms with Crippen LogP contribution in [0.4, 0.5) is 30.4 Å². The fourth-order valence-corrected chi connectivity index (χ4v) is 2.34. The summed E-state index contributed by atoms with van der Waals surface area (Å²) >= 11 is 0. The second-order valence-electron chi connectivity index (χ2n) is 5.84. The topological polar surface area (TPSA) is 66.9 Å². The molecule has 0 aliphatic carbocycles. The smallest absolute Gasteiger partial charge is 0.275 e. The number of hydrogen-bond acceptors (Lipinski definition) is 4. The molecule has 0 aliphatic heterocycles. The maximum absolute atomic E-state index is 13.6. The van der Waals surface area contributed by atoms with Crippen LogP contribution in [-0.2, 0) is 0 Å². The Labute approximate surface area is 153 Å². The van der Waals surface area contributed by atoms with Crippen LogP contribution in [0.15, 0.2) is 42.7 Å². The molecule has 0 aliphatic rings. The van der Waals surface area contributed by atoms with Crippen LogP contribution in [-0.4, -0.2) is 15.9 Å². The van der Waals surface area contributed by atoms with Gasteiger partial charge in [0.15, 0.2) is 17.5 Å². The summed E-state index contributed by atoms with van der Waals surface area (Å²) < 4.78 is 39.8. The van der Waals surface area contributed by atoms with Crippen LogP contribution in [0.1, 0.15) is 21.6 Å². The lowest BCUT2D eigenvalue weighted by Gasteiger charge is -2.11. The van der Waals surface area contributed by atoms with Crippen molar-refractivity contribution < 1.29 is 18.0 Å². The van der Waals surface area contributed by atoms with Crippen molar-refractivity contribution in [2.45, 2.75) is 13.8 Å². The quantitative estimate of drug-likeness (QED) is 0.662. The number of aryl methyl sites for hydroxylation is 1. The van der Waals surface area contributed by atoms with Crippen LogP contribution in [0.3, 0.4) is 0 Å². The third kappa shape index (κ3) is 3.89. The predicted octanol–water partition coefficient (Wildman–Crippen LogP) is 4.51. The minimum Gasteiger partial charge on any atom is -0.339 e. The number of amides is 1.